The minimum Gasteiger partial charge on any atom is -0.486 e. The molecule has 5 nitrogen and oxygen atoms in total. The summed E-state index contributed by atoms with van der Waals surface area (Å²) in [6.45, 7) is 3.93. The van der Waals surface area contributed by atoms with E-state index < -0.39 is 0 Å². The molecule has 0 aromatic heterocycles. The maximum Gasteiger partial charge on any atom is 0.322 e. The number of anilines is 1. The van der Waals surface area contributed by atoms with E-state index in [9.17, 15) is 4.79 Å². The smallest absolute Gasteiger partial charge is 0.322 e. The standard InChI is InChI=1S/C20H22N2O3/c1-14-4-2-5-16(12-14)21-20(23)22-9-3-6-17(22)15-7-8-18-19(13-15)25-11-10-24-18/h2,4-5,7-8,12-13,17H,3,6,9-11H2,1H3,(H,21,23)/t17-/m0/s1. The van der Waals surface area contributed by atoms with E-state index in [1.165, 1.54) is 0 Å². The first kappa shape index (κ1) is 15.8. The number of amides is 2. The second kappa shape index (κ2) is 6.67. The number of carbonyl (C=O) groups is 1. The summed E-state index contributed by atoms with van der Waals surface area (Å²) in [5.74, 6) is 1.55. The number of urea groups is 1. The van der Waals surface area contributed by atoms with Gasteiger partial charge in [0.15, 0.2) is 11.5 Å². The fourth-order valence-corrected chi connectivity index (χ4v) is 3.54. The molecule has 1 N–H and O–H groups in total. The molecule has 2 amide bonds. The molecule has 0 aliphatic carbocycles. The van der Waals surface area contributed by atoms with Crippen LogP contribution in [0.3, 0.4) is 0 Å². The first-order valence-corrected chi connectivity index (χ1v) is 8.74. The molecule has 2 aliphatic rings. The molecule has 130 valence electrons. The van der Waals surface area contributed by atoms with Gasteiger partial charge in [0.25, 0.3) is 0 Å². The Kier molecular flexibility index (Phi) is 4.22. The molecule has 1 atom stereocenters. The average Bonchev–Trinajstić information content (AvgIpc) is 3.11. The Labute approximate surface area is 147 Å². The molecule has 2 heterocycles. The van der Waals surface area contributed by atoms with Gasteiger partial charge in [-0.25, -0.2) is 4.79 Å². The van der Waals surface area contributed by atoms with Gasteiger partial charge in [0.1, 0.15) is 13.2 Å². The average molecular weight is 338 g/mol. The number of hydrogen-bond donors (Lipinski definition) is 1. The fourth-order valence-electron chi connectivity index (χ4n) is 3.54. The van der Waals surface area contributed by atoms with E-state index >= 15 is 0 Å². The third-order valence-electron chi connectivity index (χ3n) is 4.73. The molecule has 1 saturated heterocycles. The largest absolute Gasteiger partial charge is 0.486 e. The molecule has 2 aliphatic heterocycles. The molecule has 0 saturated carbocycles. The zero-order chi connectivity index (χ0) is 17.2. The normalized spacial score (nSPS) is 18.9. The van der Waals surface area contributed by atoms with E-state index in [4.69, 9.17) is 9.47 Å². The number of ether oxygens (including phenoxy) is 2. The van der Waals surface area contributed by atoms with Crippen LogP contribution in [-0.4, -0.2) is 30.7 Å². The number of carbonyl (C=O) groups excluding carboxylic acids is 1. The highest BCUT2D eigenvalue weighted by atomic mass is 16.6. The van der Waals surface area contributed by atoms with Crippen LogP contribution in [0.25, 0.3) is 0 Å². The van der Waals surface area contributed by atoms with E-state index in [0.717, 1.165) is 47.7 Å². The Morgan fingerprint density at radius 3 is 2.80 bits per heavy atom. The molecule has 5 heteroatoms. The number of aryl methyl sites for hydroxylation is 1. The van der Waals surface area contributed by atoms with E-state index in [-0.39, 0.29) is 12.1 Å². The molecule has 0 radical (unpaired) electrons. The number of hydrogen-bond acceptors (Lipinski definition) is 3. The Bertz CT molecular complexity index is 790. The lowest BCUT2D eigenvalue weighted by molar-refractivity contribution is 0.170. The summed E-state index contributed by atoms with van der Waals surface area (Å²) in [5.41, 5.74) is 3.06. The SMILES string of the molecule is Cc1cccc(NC(=O)N2CCC[C@H]2c2ccc3c(c2)OCCO3)c1. The van der Waals surface area contributed by atoms with Gasteiger partial charge < -0.3 is 19.7 Å². The summed E-state index contributed by atoms with van der Waals surface area (Å²) in [4.78, 5) is 14.7. The highest BCUT2D eigenvalue weighted by Crippen LogP contribution is 2.38. The van der Waals surface area contributed by atoms with E-state index in [1.807, 2.05) is 54.3 Å². The zero-order valence-corrected chi connectivity index (χ0v) is 14.3. The number of nitrogens with zero attached hydrogens (tertiary/aromatic N) is 1. The number of nitrogens with one attached hydrogen (secondary N) is 1. The van der Waals surface area contributed by atoms with Crippen molar-refractivity contribution >= 4 is 11.7 Å². The van der Waals surface area contributed by atoms with Gasteiger partial charge in [0.05, 0.1) is 6.04 Å². The monoisotopic (exact) mass is 338 g/mol. The van der Waals surface area contributed by atoms with E-state index in [2.05, 4.69) is 5.32 Å². The van der Waals surface area contributed by atoms with Crippen molar-refractivity contribution in [2.24, 2.45) is 0 Å². The molecule has 2 aromatic rings. The summed E-state index contributed by atoms with van der Waals surface area (Å²) in [5, 5.41) is 3.02. The summed E-state index contributed by atoms with van der Waals surface area (Å²) < 4.78 is 11.3. The minimum absolute atomic E-state index is 0.0528. The van der Waals surface area contributed by atoms with Gasteiger partial charge in [0.2, 0.25) is 0 Å². The molecular formula is C20H22N2O3. The van der Waals surface area contributed by atoms with Gasteiger partial charge in [-0.2, -0.15) is 0 Å². The van der Waals surface area contributed by atoms with Crippen molar-refractivity contribution in [3.63, 3.8) is 0 Å². The van der Waals surface area contributed by atoms with Crippen LogP contribution in [0.4, 0.5) is 10.5 Å². The summed E-state index contributed by atoms with van der Waals surface area (Å²) in [7, 11) is 0. The van der Waals surface area contributed by atoms with Crippen molar-refractivity contribution in [1.29, 1.82) is 0 Å². The van der Waals surface area contributed by atoms with Gasteiger partial charge in [-0.15, -0.1) is 0 Å². The van der Waals surface area contributed by atoms with Crippen LogP contribution in [0.15, 0.2) is 42.5 Å². The van der Waals surface area contributed by atoms with Crippen molar-refractivity contribution in [3.8, 4) is 11.5 Å². The maximum atomic E-state index is 12.8. The molecule has 1 fully saturated rings. The summed E-state index contributed by atoms with van der Waals surface area (Å²) in [6, 6.07) is 13.9. The molecule has 4 rings (SSSR count). The van der Waals surface area contributed by atoms with Crippen LogP contribution < -0.4 is 14.8 Å². The van der Waals surface area contributed by atoms with Crippen molar-refractivity contribution in [3.05, 3.63) is 53.6 Å². The molecule has 0 bridgehead atoms. The topological polar surface area (TPSA) is 50.8 Å². The number of rotatable bonds is 2. The molecular weight excluding hydrogens is 316 g/mol. The van der Waals surface area contributed by atoms with E-state index in [1.54, 1.807) is 0 Å². The summed E-state index contributed by atoms with van der Waals surface area (Å²) in [6.07, 6.45) is 1.96. The lowest BCUT2D eigenvalue weighted by Crippen LogP contribution is -2.34. The predicted octanol–water partition coefficient (Wildman–Crippen LogP) is 4.14. The van der Waals surface area contributed by atoms with Crippen LogP contribution in [0.1, 0.15) is 30.0 Å². The second-order valence-electron chi connectivity index (χ2n) is 6.55. The van der Waals surface area contributed by atoms with Crippen LogP contribution in [0.5, 0.6) is 11.5 Å². The Balaban J connectivity index is 1.53. The van der Waals surface area contributed by atoms with Crippen LogP contribution in [0, 0.1) is 6.92 Å². The Morgan fingerprint density at radius 2 is 1.96 bits per heavy atom. The molecule has 0 spiro atoms. The highest BCUT2D eigenvalue weighted by molar-refractivity contribution is 5.90. The Morgan fingerprint density at radius 1 is 1.12 bits per heavy atom. The lowest BCUT2D eigenvalue weighted by atomic mass is 10.0. The lowest BCUT2D eigenvalue weighted by Gasteiger charge is -2.27. The van der Waals surface area contributed by atoms with Crippen molar-refractivity contribution in [1.82, 2.24) is 4.90 Å². The molecule has 2 aromatic carbocycles. The van der Waals surface area contributed by atoms with E-state index in [0.29, 0.717) is 13.2 Å². The van der Waals surface area contributed by atoms with Gasteiger partial charge in [0, 0.05) is 12.2 Å². The van der Waals surface area contributed by atoms with Gasteiger partial charge in [-0.05, 0) is 55.2 Å². The second-order valence-corrected chi connectivity index (χ2v) is 6.55. The minimum atomic E-state index is -0.0528. The third-order valence-corrected chi connectivity index (χ3v) is 4.73. The third kappa shape index (κ3) is 3.27. The maximum absolute atomic E-state index is 12.8. The number of likely N-dealkylation sites (tertiary alicyclic amines) is 1. The quantitative estimate of drug-likeness (QED) is 0.895. The first-order valence-electron chi connectivity index (χ1n) is 8.74. The molecule has 0 unspecified atom stereocenters. The summed E-state index contributed by atoms with van der Waals surface area (Å²) >= 11 is 0. The van der Waals surface area contributed by atoms with Gasteiger partial charge >= 0.3 is 6.03 Å². The highest BCUT2D eigenvalue weighted by Gasteiger charge is 2.31. The zero-order valence-electron chi connectivity index (χ0n) is 14.3. The molecule has 25 heavy (non-hydrogen) atoms. The van der Waals surface area contributed by atoms with Crippen molar-refractivity contribution in [2.45, 2.75) is 25.8 Å². The Hall–Kier alpha value is -2.69. The van der Waals surface area contributed by atoms with Crippen LogP contribution in [-0.2, 0) is 0 Å². The predicted molar refractivity (Wildman–Crippen MR) is 96.3 cm³/mol. The van der Waals surface area contributed by atoms with Crippen LogP contribution >= 0.6 is 0 Å². The van der Waals surface area contributed by atoms with Gasteiger partial charge in [-0.1, -0.05) is 18.2 Å². The number of benzene rings is 2. The fraction of sp³-hybridized carbons (Fsp3) is 0.350. The van der Waals surface area contributed by atoms with Crippen LogP contribution in [0.2, 0.25) is 0 Å². The first-order chi connectivity index (χ1) is 12.2. The van der Waals surface area contributed by atoms with Crippen molar-refractivity contribution in [2.75, 3.05) is 25.1 Å². The van der Waals surface area contributed by atoms with Gasteiger partial charge in [-0.3, -0.25) is 0 Å². The van der Waals surface area contributed by atoms with Crippen molar-refractivity contribution < 1.29 is 14.3 Å². The number of fused-ring (bicyclic) bond motifs is 1.